The summed E-state index contributed by atoms with van der Waals surface area (Å²) in [5.41, 5.74) is -1.40. The molecule has 0 radical (unpaired) electrons. The Hall–Kier alpha value is -2.00. The van der Waals surface area contributed by atoms with Crippen LogP contribution in [0, 0.1) is 5.82 Å². The number of ether oxygens (including phenoxy) is 1. The predicted molar refractivity (Wildman–Crippen MR) is 99.5 cm³/mol. The molecule has 0 bridgehead atoms. The maximum Gasteiger partial charge on any atom is 0.240 e. The van der Waals surface area contributed by atoms with Crippen LogP contribution in [0.1, 0.15) is 11.8 Å². The molecule has 3 aromatic rings. The standard InChI is InChI=1S/C18H18FNO4S2/c1-18(21,17-9-12-5-3-4-6-16(12)25-17)11-20-26(22,23)13-7-8-15(24-2)14(19)10-13/h3-10,20-21H,11H2,1-2H3. The van der Waals surface area contributed by atoms with E-state index in [-0.39, 0.29) is 17.2 Å². The zero-order valence-corrected chi connectivity index (χ0v) is 15.8. The van der Waals surface area contributed by atoms with Crippen molar-refractivity contribution in [2.75, 3.05) is 13.7 Å². The van der Waals surface area contributed by atoms with Gasteiger partial charge in [-0.3, -0.25) is 0 Å². The lowest BCUT2D eigenvalue weighted by atomic mass is 10.1. The molecule has 0 spiro atoms. The molecule has 0 saturated heterocycles. The molecule has 1 aromatic heterocycles. The molecule has 2 aromatic carbocycles. The van der Waals surface area contributed by atoms with E-state index in [1.807, 2.05) is 30.3 Å². The second-order valence-electron chi connectivity index (χ2n) is 6.04. The van der Waals surface area contributed by atoms with E-state index in [4.69, 9.17) is 4.74 Å². The van der Waals surface area contributed by atoms with Gasteiger partial charge in [-0.2, -0.15) is 0 Å². The number of aliphatic hydroxyl groups is 1. The molecule has 26 heavy (non-hydrogen) atoms. The first-order valence-electron chi connectivity index (χ1n) is 7.77. The first-order valence-corrected chi connectivity index (χ1v) is 10.1. The predicted octanol–water partition coefficient (Wildman–Crippen LogP) is 3.24. The molecular formula is C18H18FNO4S2. The van der Waals surface area contributed by atoms with Crippen LogP contribution in [0.15, 0.2) is 53.4 Å². The van der Waals surface area contributed by atoms with E-state index in [0.717, 1.165) is 16.2 Å². The van der Waals surface area contributed by atoms with Gasteiger partial charge in [0, 0.05) is 16.1 Å². The highest BCUT2D eigenvalue weighted by Crippen LogP contribution is 2.33. The minimum Gasteiger partial charge on any atom is -0.494 e. The van der Waals surface area contributed by atoms with E-state index >= 15 is 0 Å². The molecule has 1 unspecified atom stereocenters. The summed E-state index contributed by atoms with van der Waals surface area (Å²) in [6.07, 6.45) is 0. The number of methoxy groups -OCH3 is 1. The van der Waals surface area contributed by atoms with Gasteiger partial charge in [0.05, 0.1) is 12.0 Å². The number of hydrogen-bond acceptors (Lipinski definition) is 5. The van der Waals surface area contributed by atoms with Gasteiger partial charge < -0.3 is 9.84 Å². The summed E-state index contributed by atoms with van der Waals surface area (Å²) in [6.45, 7) is 1.30. The molecule has 3 rings (SSSR count). The van der Waals surface area contributed by atoms with Crippen molar-refractivity contribution in [2.45, 2.75) is 17.4 Å². The van der Waals surface area contributed by atoms with E-state index in [1.54, 1.807) is 0 Å². The largest absolute Gasteiger partial charge is 0.494 e. The van der Waals surface area contributed by atoms with Crippen molar-refractivity contribution in [3.8, 4) is 5.75 Å². The van der Waals surface area contributed by atoms with Crippen LogP contribution < -0.4 is 9.46 Å². The maximum atomic E-state index is 13.8. The number of nitrogens with one attached hydrogen (secondary N) is 1. The van der Waals surface area contributed by atoms with Crippen LogP contribution >= 0.6 is 11.3 Å². The number of sulfonamides is 1. The highest BCUT2D eigenvalue weighted by atomic mass is 32.2. The number of halogens is 1. The molecule has 5 nitrogen and oxygen atoms in total. The topological polar surface area (TPSA) is 75.6 Å². The Bertz CT molecular complexity index is 1010. The van der Waals surface area contributed by atoms with Gasteiger partial charge in [0.2, 0.25) is 10.0 Å². The van der Waals surface area contributed by atoms with E-state index in [0.29, 0.717) is 4.88 Å². The zero-order chi connectivity index (χ0) is 18.9. The van der Waals surface area contributed by atoms with E-state index < -0.39 is 21.4 Å². The molecule has 8 heteroatoms. The third kappa shape index (κ3) is 3.73. The monoisotopic (exact) mass is 395 g/mol. The molecule has 0 aliphatic carbocycles. The minimum atomic E-state index is -3.98. The van der Waals surface area contributed by atoms with Gasteiger partial charge in [0.25, 0.3) is 0 Å². The fourth-order valence-electron chi connectivity index (χ4n) is 2.47. The Balaban J connectivity index is 1.80. The molecule has 2 N–H and O–H groups in total. The Morgan fingerprint density at radius 2 is 1.96 bits per heavy atom. The van der Waals surface area contributed by atoms with Crippen molar-refractivity contribution in [3.63, 3.8) is 0 Å². The number of rotatable bonds is 6. The van der Waals surface area contributed by atoms with Crippen molar-refractivity contribution in [2.24, 2.45) is 0 Å². The molecule has 0 aliphatic heterocycles. The summed E-state index contributed by atoms with van der Waals surface area (Å²) < 4.78 is 46.7. The first kappa shape index (κ1) is 18.8. The Morgan fingerprint density at radius 1 is 1.23 bits per heavy atom. The SMILES string of the molecule is COc1ccc(S(=O)(=O)NCC(C)(O)c2cc3ccccc3s2)cc1F. The van der Waals surface area contributed by atoms with Gasteiger partial charge in [-0.15, -0.1) is 11.3 Å². The molecule has 0 fully saturated rings. The minimum absolute atomic E-state index is 0.0405. The summed E-state index contributed by atoms with van der Waals surface area (Å²) in [7, 11) is -2.68. The Morgan fingerprint density at radius 3 is 2.62 bits per heavy atom. The van der Waals surface area contributed by atoms with Gasteiger partial charge in [-0.25, -0.2) is 17.5 Å². The third-order valence-electron chi connectivity index (χ3n) is 4.00. The van der Waals surface area contributed by atoms with Crippen molar-refractivity contribution in [3.05, 3.63) is 59.2 Å². The van der Waals surface area contributed by atoms with Crippen LogP contribution in [0.3, 0.4) is 0 Å². The third-order valence-corrected chi connectivity index (χ3v) is 6.76. The quantitative estimate of drug-likeness (QED) is 0.672. The molecule has 0 amide bonds. The first-order chi connectivity index (χ1) is 12.2. The molecular weight excluding hydrogens is 377 g/mol. The van der Waals surface area contributed by atoms with E-state index in [2.05, 4.69) is 4.72 Å². The lowest BCUT2D eigenvalue weighted by Gasteiger charge is -2.22. The average Bonchev–Trinajstić information content (AvgIpc) is 3.05. The Labute approximate surface area is 155 Å². The van der Waals surface area contributed by atoms with Crippen LogP contribution in [-0.2, 0) is 15.6 Å². The summed E-state index contributed by atoms with van der Waals surface area (Å²) in [5, 5.41) is 11.7. The van der Waals surface area contributed by atoms with Crippen molar-refractivity contribution in [1.29, 1.82) is 0 Å². The highest BCUT2D eigenvalue weighted by molar-refractivity contribution is 7.89. The Kier molecular flexibility index (Phi) is 5.03. The van der Waals surface area contributed by atoms with Crippen LogP contribution in [0.5, 0.6) is 5.75 Å². The maximum absolute atomic E-state index is 13.8. The van der Waals surface area contributed by atoms with Crippen LogP contribution in [0.4, 0.5) is 4.39 Å². The van der Waals surface area contributed by atoms with Gasteiger partial charge in [0.15, 0.2) is 11.6 Å². The molecule has 138 valence electrons. The number of benzene rings is 2. The lowest BCUT2D eigenvalue weighted by Crippen LogP contribution is -2.38. The average molecular weight is 395 g/mol. The molecule has 1 heterocycles. The fraction of sp³-hybridized carbons (Fsp3) is 0.222. The lowest BCUT2D eigenvalue weighted by molar-refractivity contribution is 0.0666. The van der Waals surface area contributed by atoms with Crippen LogP contribution in [0.25, 0.3) is 10.1 Å². The van der Waals surface area contributed by atoms with Crippen molar-refractivity contribution < 1.29 is 22.7 Å². The van der Waals surface area contributed by atoms with Crippen LogP contribution in [0.2, 0.25) is 0 Å². The van der Waals surface area contributed by atoms with Gasteiger partial charge in [-0.1, -0.05) is 18.2 Å². The number of thiophene rings is 1. The zero-order valence-electron chi connectivity index (χ0n) is 14.2. The van der Waals surface area contributed by atoms with Gasteiger partial charge in [-0.05, 0) is 42.6 Å². The summed E-state index contributed by atoms with van der Waals surface area (Å²) in [4.78, 5) is 0.408. The van der Waals surface area contributed by atoms with Crippen LogP contribution in [-0.4, -0.2) is 27.2 Å². The van der Waals surface area contributed by atoms with Crippen molar-refractivity contribution >= 4 is 31.4 Å². The molecule has 0 aliphatic rings. The fourth-order valence-corrected chi connectivity index (χ4v) is 4.72. The summed E-state index contributed by atoms with van der Waals surface area (Å²) in [6, 6.07) is 12.9. The summed E-state index contributed by atoms with van der Waals surface area (Å²) >= 11 is 1.40. The van der Waals surface area contributed by atoms with Gasteiger partial charge in [0.1, 0.15) is 5.60 Å². The number of fused-ring (bicyclic) bond motifs is 1. The second-order valence-corrected chi connectivity index (χ2v) is 8.89. The number of hydrogen-bond donors (Lipinski definition) is 2. The smallest absolute Gasteiger partial charge is 0.240 e. The second kappa shape index (κ2) is 6.96. The molecule has 1 atom stereocenters. The van der Waals surface area contributed by atoms with E-state index in [9.17, 15) is 17.9 Å². The van der Waals surface area contributed by atoms with Gasteiger partial charge >= 0.3 is 0 Å². The van der Waals surface area contributed by atoms with E-state index in [1.165, 1.54) is 37.5 Å². The van der Waals surface area contributed by atoms with Crippen molar-refractivity contribution in [1.82, 2.24) is 4.72 Å². The summed E-state index contributed by atoms with van der Waals surface area (Å²) in [5.74, 6) is -0.812. The molecule has 0 saturated carbocycles. The normalized spacial score (nSPS) is 14.3. The highest BCUT2D eigenvalue weighted by Gasteiger charge is 2.28.